The molecule has 0 spiro atoms. The van der Waals surface area contributed by atoms with Crippen LogP contribution < -0.4 is 10.9 Å². The highest BCUT2D eigenvalue weighted by Crippen LogP contribution is 2.21. The number of H-pyrrole nitrogens is 1. The van der Waals surface area contributed by atoms with E-state index in [1.807, 2.05) is 6.92 Å². The molecule has 118 valence electrons. The first-order valence-electron chi connectivity index (χ1n) is 7.32. The van der Waals surface area contributed by atoms with E-state index in [1.54, 1.807) is 18.2 Å². The second-order valence-corrected chi connectivity index (χ2v) is 6.01. The van der Waals surface area contributed by atoms with Crippen LogP contribution in [-0.4, -0.2) is 16.7 Å². The molecule has 0 saturated carbocycles. The van der Waals surface area contributed by atoms with Crippen LogP contribution in [0.15, 0.2) is 29.1 Å². The van der Waals surface area contributed by atoms with Crippen molar-refractivity contribution in [1.82, 2.24) is 4.98 Å². The molecule has 0 fully saturated rings. The number of benzene rings is 1. The van der Waals surface area contributed by atoms with E-state index in [1.165, 1.54) is 6.07 Å². The van der Waals surface area contributed by atoms with Crippen LogP contribution in [0.3, 0.4) is 0 Å². The molecule has 1 aliphatic rings. The van der Waals surface area contributed by atoms with Gasteiger partial charge in [0.05, 0.1) is 0 Å². The van der Waals surface area contributed by atoms with E-state index in [9.17, 15) is 14.4 Å². The number of Topliss-reactive ketones (excluding diaryl/α,β-unsaturated/α-hetero) is 1. The number of halogens is 1. The summed E-state index contributed by atoms with van der Waals surface area (Å²) >= 11 is 6.02. The number of amides is 1. The van der Waals surface area contributed by atoms with Crippen LogP contribution in [0.25, 0.3) is 0 Å². The van der Waals surface area contributed by atoms with Crippen LogP contribution in [0.1, 0.15) is 44.8 Å². The molecular weight excluding hydrogens is 316 g/mol. The lowest BCUT2D eigenvalue weighted by molar-refractivity contribution is 0.0971. The number of rotatable bonds is 2. The molecule has 2 aromatic rings. The number of nitrogens with one attached hydrogen (secondary N) is 2. The highest BCUT2D eigenvalue weighted by Gasteiger charge is 2.22. The SMILES string of the molecule is Cc1ccc(NC(=O)c2cc3c([nH]c2=O)CCCC3=O)cc1Cl. The lowest BCUT2D eigenvalue weighted by atomic mass is 9.93. The minimum Gasteiger partial charge on any atom is -0.325 e. The monoisotopic (exact) mass is 330 g/mol. The third-order valence-corrected chi connectivity index (χ3v) is 4.34. The normalized spacial score (nSPS) is 13.6. The number of aryl methyl sites for hydroxylation is 2. The first-order valence-corrected chi connectivity index (χ1v) is 7.70. The van der Waals surface area contributed by atoms with E-state index >= 15 is 0 Å². The number of ketones is 1. The van der Waals surface area contributed by atoms with Crippen molar-refractivity contribution in [2.24, 2.45) is 0 Å². The Hall–Kier alpha value is -2.40. The van der Waals surface area contributed by atoms with Gasteiger partial charge in [0, 0.05) is 28.4 Å². The van der Waals surface area contributed by atoms with Crippen molar-refractivity contribution in [3.63, 3.8) is 0 Å². The first kappa shape index (κ1) is 15.5. The van der Waals surface area contributed by atoms with Crippen molar-refractivity contribution >= 4 is 29.0 Å². The van der Waals surface area contributed by atoms with Gasteiger partial charge in [0.15, 0.2) is 5.78 Å². The highest BCUT2D eigenvalue weighted by molar-refractivity contribution is 6.31. The number of fused-ring (bicyclic) bond motifs is 1. The number of carbonyl (C=O) groups is 2. The van der Waals surface area contributed by atoms with E-state index < -0.39 is 11.5 Å². The average molecular weight is 331 g/mol. The Labute approximate surface area is 137 Å². The largest absolute Gasteiger partial charge is 0.325 e. The molecule has 0 aliphatic heterocycles. The summed E-state index contributed by atoms with van der Waals surface area (Å²) in [6.07, 6.45) is 1.80. The molecule has 0 saturated heterocycles. The van der Waals surface area contributed by atoms with Crippen molar-refractivity contribution in [3.05, 3.63) is 62.0 Å². The van der Waals surface area contributed by atoms with Gasteiger partial charge in [0.2, 0.25) is 0 Å². The maximum Gasteiger partial charge on any atom is 0.261 e. The Morgan fingerprint density at radius 2 is 2.00 bits per heavy atom. The predicted octanol–water partition coefficient (Wildman–Crippen LogP) is 3.11. The molecule has 1 heterocycles. The van der Waals surface area contributed by atoms with Gasteiger partial charge in [-0.25, -0.2) is 0 Å². The van der Waals surface area contributed by atoms with Crippen LogP contribution in [-0.2, 0) is 6.42 Å². The second kappa shape index (κ2) is 6.01. The van der Waals surface area contributed by atoms with Gasteiger partial charge in [-0.2, -0.15) is 0 Å². The molecule has 1 amide bonds. The van der Waals surface area contributed by atoms with Gasteiger partial charge in [-0.05, 0) is 43.5 Å². The molecule has 0 radical (unpaired) electrons. The third kappa shape index (κ3) is 3.05. The minimum absolute atomic E-state index is 0.0464. The fourth-order valence-electron chi connectivity index (χ4n) is 2.61. The van der Waals surface area contributed by atoms with Gasteiger partial charge < -0.3 is 10.3 Å². The lowest BCUT2D eigenvalue weighted by Crippen LogP contribution is -2.27. The van der Waals surface area contributed by atoms with Crippen LogP contribution >= 0.6 is 11.6 Å². The average Bonchev–Trinajstić information content (AvgIpc) is 2.50. The summed E-state index contributed by atoms with van der Waals surface area (Å²) in [5.41, 5.74) is 1.87. The number of carbonyl (C=O) groups excluding carboxylic acids is 2. The van der Waals surface area contributed by atoms with Gasteiger partial charge in [-0.3, -0.25) is 14.4 Å². The molecule has 0 atom stereocenters. The van der Waals surface area contributed by atoms with Gasteiger partial charge in [0.1, 0.15) is 5.56 Å². The van der Waals surface area contributed by atoms with Crippen molar-refractivity contribution < 1.29 is 9.59 Å². The Bertz CT molecular complexity index is 871. The topological polar surface area (TPSA) is 79.0 Å². The van der Waals surface area contributed by atoms with Crippen LogP contribution in [0.5, 0.6) is 0 Å². The quantitative estimate of drug-likeness (QED) is 0.888. The van der Waals surface area contributed by atoms with E-state index in [0.29, 0.717) is 34.8 Å². The van der Waals surface area contributed by atoms with E-state index in [4.69, 9.17) is 11.6 Å². The fraction of sp³-hybridized carbons (Fsp3) is 0.235. The smallest absolute Gasteiger partial charge is 0.261 e. The molecule has 0 bridgehead atoms. The third-order valence-electron chi connectivity index (χ3n) is 3.93. The van der Waals surface area contributed by atoms with Gasteiger partial charge in [0.25, 0.3) is 11.5 Å². The van der Waals surface area contributed by atoms with Gasteiger partial charge in [-0.15, -0.1) is 0 Å². The number of hydrogen-bond donors (Lipinski definition) is 2. The lowest BCUT2D eigenvalue weighted by Gasteiger charge is -2.15. The molecule has 1 aliphatic carbocycles. The Kier molecular flexibility index (Phi) is 4.05. The van der Waals surface area contributed by atoms with E-state index in [-0.39, 0.29) is 11.3 Å². The molecule has 3 rings (SSSR count). The summed E-state index contributed by atoms with van der Waals surface area (Å²) in [6.45, 7) is 1.85. The van der Waals surface area contributed by atoms with Crippen LogP contribution in [0, 0.1) is 6.92 Å². The molecule has 2 N–H and O–H groups in total. The number of aromatic amines is 1. The van der Waals surface area contributed by atoms with E-state index in [0.717, 1.165) is 12.0 Å². The predicted molar refractivity (Wildman–Crippen MR) is 88.5 cm³/mol. The standard InChI is InChI=1S/C17H15ClN2O3/c1-9-5-6-10(7-13(9)18)19-16(22)12-8-11-14(20-17(12)23)3-2-4-15(11)21/h5-8H,2-4H2,1H3,(H,19,22)(H,20,23). The van der Waals surface area contributed by atoms with E-state index in [2.05, 4.69) is 10.3 Å². The van der Waals surface area contributed by atoms with Gasteiger partial charge >= 0.3 is 0 Å². The summed E-state index contributed by atoms with van der Waals surface area (Å²) in [4.78, 5) is 39.0. The van der Waals surface area contributed by atoms with Gasteiger partial charge in [-0.1, -0.05) is 17.7 Å². The zero-order valence-corrected chi connectivity index (χ0v) is 13.3. The number of pyridine rings is 1. The van der Waals surface area contributed by atoms with Crippen molar-refractivity contribution in [3.8, 4) is 0 Å². The first-order chi connectivity index (χ1) is 11.0. The summed E-state index contributed by atoms with van der Waals surface area (Å²) in [6, 6.07) is 6.49. The van der Waals surface area contributed by atoms with Crippen LogP contribution in [0.2, 0.25) is 5.02 Å². The number of hydrogen-bond acceptors (Lipinski definition) is 3. The Morgan fingerprint density at radius 1 is 1.22 bits per heavy atom. The molecular formula is C17H15ClN2O3. The zero-order chi connectivity index (χ0) is 16.6. The van der Waals surface area contributed by atoms with Crippen molar-refractivity contribution in [1.29, 1.82) is 0 Å². The molecule has 1 aromatic carbocycles. The Morgan fingerprint density at radius 3 is 2.74 bits per heavy atom. The maximum atomic E-state index is 12.3. The highest BCUT2D eigenvalue weighted by atomic mass is 35.5. The summed E-state index contributed by atoms with van der Waals surface area (Å²) < 4.78 is 0. The summed E-state index contributed by atoms with van der Waals surface area (Å²) in [5.74, 6) is -0.609. The maximum absolute atomic E-state index is 12.3. The molecule has 5 nitrogen and oxygen atoms in total. The molecule has 23 heavy (non-hydrogen) atoms. The fourth-order valence-corrected chi connectivity index (χ4v) is 2.79. The summed E-state index contributed by atoms with van der Waals surface area (Å²) in [5, 5.41) is 3.16. The molecule has 1 aromatic heterocycles. The van der Waals surface area contributed by atoms with Crippen LogP contribution in [0.4, 0.5) is 5.69 Å². The second-order valence-electron chi connectivity index (χ2n) is 5.60. The molecule has 6 heteroatoms. The number of anilines is 1. The zero-order valence-electron chi connectivity index (χ0n) is 12.5. The minimum atomic E-state index is -0.563. The van der Waals surface area contributed by atoms with Crippen molar-refractivity contribution in [2.45, 2.75) is 26.2 Å². The Balaban J connectivity index is 1.93. The number of aromatic nitrogens is 1. The summed E-state index contributed by atoms with van der Waals surface area (Å²) in [7, 11) is 0. The van der Waals surface area contributed by atoms with Crippen molar-refractivity contribution in [2.75, 3.05) is 5.32 Å². The molecule has 0 unspecified atom stereocenters.